The van der Waals surface area contributed by atoms with E-state index in [-0.39, 0.29) is 11.5 Å². The summed E-state index contributed by atoms with van der Waals surface area (Å²) in [6, 6.07) is 11.9. The summed E-state index contributed by atoms with van der Waals surface area (Å²) >= 11 is 0. The van der Waals surface area contributed by atoms with Gasteiger partial charge in [-0.3, -0.25) is 0 Å². The van der Waals surface area contributed by atoms with Gasteiger partial charge in [0.25, 0.3) is 0 Å². The number of rotatable bonds is 0. The van der Waals surface area contributed by atoms with Crippen LogP contribution in [0.25, 0.3) is 21.7 Å². The van der Waals surface area contributed by atoms with E-state index in [0.29, 0.717) is 16.9 Å². The van der Waals surface area contributed by atoms with Crippen molar-refractivity contribution < 1.29 is 9.15 Å². The van der Waals surface area contributed by atoms with E-state index in [1.165, 1.54) is 0 Å². The van der Waals surface area contributed by atoms with Gasteiger partial charge in [0, 0.05) is 5.92 Å². The van der Waals surface area contributed by atoms with Crippen LogP contribution in [0.3, 0.4) is 0 Å². The monoisotopic (exact) mass is 280 g/mol. The van der Waals surface area contributed by atoms with Crippen molar-refractivity contribution in [2.45, 2.75) is 32.3 Å². The maximum Gasteiger partial charge on any atom is 0.343 e. The normalized spacial score (nSPS) is 19.7. The average Bonchev–Trinajstić information content (AvgIpc) is 2.69. The smallest absolute Gasteiger partial charge is 0.343 e. The van der Waals surface area contributed by atoms with Gasteiger partial charge in [-0.1, -0.05) is 37.3 Å². The summed E-state index contributed by atoms with van der Waals surface area (Å²) in [6.45, 7) is 6.03. The Morgan fingerprint density at radius 2 is 1.86 bits per heavy atom. The Labute approximate surface area is 122 Å². The zero-order valence-electron chi connectivity index (χ0n) is 12.3. The molecule has 3 aromatic rings. The van der Waals surface area contributed by atoms with Gasteiger partial charge in [0.1, 0.15) is 16.9 Å². The predicted octanol–water partition coefficient (Wildman–Crippen LogP) is 4.22. The first-order valence-corrected chi connectivity index (χ1v) is 7.16. The highest BCUT2D eigenvalue weighted by Gasteiger charge is 2.42. The number of fused-ring (bicyclic) bond motifs is 5. The van der Waals surface area contributed by atoms with Crippen molar-refractivity contribution in [2.75, 3.05) is 0 Å². The van der Waals surface area contributed by atoms with Crippen molar-refractivity contribution in [3.05, 3.63) is 52.4 Å². The first-order chi connectivity index (χ1) is 9.99. The van der Waals surface area contributed by atoms with E-state index in [2.05, 4.69) is 6.07 Å². The molecule has 0 bridgehead atoms. The Hall–Kier alpha value is -2.29. The lowest BCUT2D eigenvalue weighted by atomic mass is 9.89. The van der Waals surface area contributed by atoms with E-state index in [0.717, 1.165) is 16.2 Å². The molecule has 106 valence electrons. The van der Waals surface area contributed by atoms with Crippen molar-refractivity contribution >= 4 is 21.7 Å². The molecule has 0 fully saturated rings. The second kappa shape index (κ2) is 3.88. The van der Waals surface area contributed by atoms with Gasteiger partial charge < -0.3 is 9.15 Å². The fraction of sp³-hybridized carbons (Fsp3) is 0.278. The quantitative estimate of drug-likeness (QED) is 0.457. The summed E-state index contributed by atoms with van der Waals surface area (Å²) in [5, 5.41) is 3.07. The lowest BCUT2D eigenvalue weighted by Crippen LogP contribution is -2.29. The molecular formula is C18H16O3. The molecule has 0 saturated carbocycles. The summed E-state index contributed by atoms with van der Waals surface area (Å²) in [4.78, 5) is 12.3. The maximum atomic E-state index is 12.3. The molecule has 2 heterocycles. The second-order valence-corrected chi connectivity index (χ2v) is 6.22. The lowest BCUT2D eigenvalue weighted by molar-refractivity contribution is 0.117. The number of hydrogen-bond acceptors (Lipinski definition) is 3. The van der Waals surface area contributed by atoms with E-state index >= 15 is 0 Å². The summed E-state index contributed by atoms with van der Waals surface area (Å²) in [7, 11) is 0. The van der Waals surface area contributed by atoms with Crippen molar-refractivity contribution in [3.63, 3.8) is 0 Å². The highest BCUT2D eigenvalue weighted by Crippen LogP contribution is 2.47. The maximum absolute atomic E-state index is 12.3. The van der Waals surface area contributed by atoms with Gasteiger partial charge in [-0.2, -0.15) is 0 Å². The Bertz CT molecular complexity index is 934. The first-order valence-electron chi connectivity index (χ1n) is 7.16. The van der Waals surface area contributed by atoms with Crippen LogP contribution in [0.2, 0.25) is 0 Å². The van der Waals surface area contributed by atoms with Gasteiger partial charge in [0.15, 0.2) is 0 Å². The van der Waals surface area contributed by atoms with Crippen LogP contribution in [-0.4, -0.2) is 5.60 Å². The average molecular weight is 280 g/mol. The van der Waals surface area contributed by atoms with Gasteiger partial charge in [-0.15, -0.1) is 0 Å². The molecule has 1 aromatic heterocycles. The molecule has 1 aliphatic heterocycles. The van der Waals surface area contributed by atoms with E-state index < -0.39 is 5.60 Å². The molecule has 0 radical (unpaired) electrons. The zero-order chi connectivity index (χ0) is 14.8. The molecule has 0 amide bonds. The highest BCUT2D eigenvalue weighted by molar-refractivity contribution is 6.09. The van der Waals surface area contributed by atoms with E-state index in [1.54, 1.807) is 0 Å². The third-order valence-electron chi connectivity index (χ3n) is 4.63. The largest absolute Gasteiger partial charge is 0.486 e. The molecule has 1 aliphatic rings. The van der Waals surface area contributed by atoms with Gasteiger partial charge in [-0.25, -0.2) is 4.79 Å². The molecule has 3 nitrogen and oxygen atoms in total. The molecule has 21 heavy (non-hydrogen) atoms. The minimum Gasteiger partial charge on any atom is -0.486 e. The zero-order valence-corrected chi connectivity index (χ0v) is 12.3. The molecule has 1 unspecified atom stereocenters. The number of benzene rings is 2. The van der Waals surface area contributed by atoms with Gasteiger partial charge in [0.2, 0.25) is 0 Å². The van der Waals surface area contributed by atoms with Crippen LogP contribution in [0.15, 0.2) is 45.6 Å². The molecule has 0 aliphatic carbocycles. The van der Waals surface area contributed by atoms with Crippen molar-refractivity contribution in [1.29, 1.82) is 0 Å². The standard InChI is InChI=1S/C18H16O3/c1-10-14-16(21-18(10,2)3)15-12-7-5-4-6-11(12)8-9-13(15)20-17(14)19/h4-10H,1-3H3. The molecule has 2 aromatic carbocycles. The van der Waals surface area contributed by atoms with Crippen LogP contribution >= 0.6 is 0 Å². The molecule has 0 N–H and O–H groups in total. The fourth-order valence-electron chi connectivity index (χ4n) is 3.13. The molecular weight excluding hydrogens is 264 g/mol. The minimum atomic E-state index is -0.401. The summed E-state index contributed by atoms with van der Waals surface area (Å²) in [5.41, 5.74) is 0.555. The van der Waals surface area contributed by atoms with E-state index in [9.17, 15) is 4.79 Å². The molecule has 0 saturated heterocycles. The SMILES string of the molecule is CC1c2c(c3c(ccc4ccccc43)oc2=O)OC1(C)C. The summed E-state index contributed by atoms with van der Waals surface area (Å²) < 4.78 is 11.7. The van der Waals surface area contributed by atoms with Crippen molar-refractivity contribution in [2.24, 2.45) is 0 Å². The van der Waals surface area contributed by atoms with Gasteiger partial charge >= 0.3 is 5.63 Å². The van der Waals surface area contributed by atoms with E-state index in [4.69, 9.17) is 9.15 Å². The van der Waals surface area contributed by atoms with Crippen LogP contribution in [0, 0.1) is 0 Å². The van der Waals surface area contributed by atoms with Crippen LogP contribution in [0.4, 0.5) is 0 Å². The Morgan fingerprint density at radius 3 is 2.67 bits per heavy atom. The van der Waals surface area contributed by atoms with Crippen LogP contribution in [-0.2, 0) is 0 Å². The second-order valence-electron chi connectivity index (χ2n) is 6.22. The van der Waals surface area contributed by atoms with Crippen LogP contribution < -0.4 is 10.4 Å². The molecule has 3 heteroatoms. The topological polar surface area (TPSA) is 39.4 Å². The summed E-state index contributed by atoms with van der Waals surface area (Å²) in [5.74, 6) is 0.697. The predicted molar refractivity (Wildman–Crippen MR) is 83.1 cm³/mol. The van der Waals surface area contributed by atoms with Crippen LogP contribution in [0.1, 0.15) is 32.3 Å². The Balaban J connectivity index is 2.23. The first kappa shape index (κ1) is 12.5. The summed E-state index contributed by atoms with van der Waals surface area (Å²) in [6.07, 6.45) is 0. The van der Waals surface area contributed by atoms with Crippen molar-refractivity contribution in [1.82, 2.24) is 0 Å². The van der Waals surface area contributed by atoms with Gasteiger partial charge in [-0.05, 0) is 30.7 Å². The third-order valence-corrected chi connectivity index (χ3v) is 4.63. The molecule has 4 rings (SSSR count). The Kier molecular flexibility index (Phi) is 2.30. The van der Waals surface area contributed by atoms with Crippen molar-refractivity contribution in [3.8, 4) is 5.75 Å². The van der Waals surface area contributed by atoms with E-state index in [1.807, 2.05) is 51.1 Å². The molecule has 1 atom stereocenters. The Morgan fingerprint density at radius 1 is 1.10 bits per heavy atom. The highest BCUT2D eigenvalue weighted by atomic mass is 16.5. The third kappa shape index (κ3) is 1.57. The lowest BCUT2D eigenvalue weighted by Gasteiger charge is -2.22. The molecule has 0 spiro atoms. The van der Waals surface area contributed by atoms with Gasteiger partial charge in [0.05, 0.1) is 10.9 Å². The number of ether oxygens (including phenoxy) is 1. The van der Waals surface area contributed by atoms with Crippen LogP contribution in [0.5, 0.6) is 5.75 Å². The number of hydrogen-bond donors (Lipinski definition) is 0. The minimum absolute atomic E-state index is 0.00659. The fourth-order valence-corrected chi connectivity index (χ4v) is 3.13.